The standard InChI is InChI=1S/C15H16N2O3S/c1-12(18)17-11-15(13-6-5-9-16-10-13)21(19,20)14-7-3-2-4-8-14/h2-10,15H,11H2,1H3,(H,17,18)/t15-/m1/s1. The molecule has 0 bridgehead atoms. The van der Waals surface area contributed by atoms with Gasteiger partial charge < -0.3 is 5.32 Å². The number of pyridine rings is 1. The summed E-state index contributed by atoms with van der Waals surface area (Å²) in [6.07, 6.45) is 3.08. The van der Waals surface area contributed by atoms with Crippen molar-refractivity contribution in [2.75, 3.05) is 6.54 Å². The Morgan fingerprint density at radius 2 is 1.90 bits per heavy atom. The predicted octanol–water partition coefficient (Wildman–Crippen LogP) is 1.73. The molecule has 1 aromatic carbocycles. The second kappa shape index (κ2) is 6.49. The van der Waals surface area contributed by atoms with Crippen molar-refractivity contribution in [3.63, 3.8) is 0 Å². The predicted molar refractivity (Wildman–Crippen MR) is 79.3 cm³/mol. The molecule has 5 nitrogen and oxygen atoms in total. The lowest BCUT2D eigenvalue weighted by Crippen LogP contribution is -2.30. The molecule has 1 amide bonds. The second-order valence-electron chi connectivity index (χ2n) is 4.57. The molecule has 2 rings (SSSR count). The summed E-state index contributed by atoms with van der Waals surface area (Å²) in [7, 11) is -3.60. The zero-order valence-electron chi connectivity index (χ0n) is 11.6. The van der Waals surface area contributed by atoms with Crippen LogP contribution in [0.3, 0.4) is 0 Å². The van der Waals surface area contributed by atoms with Gasteiger partial charge in [-0.3, -0.25) is 9.78 Å². The molecule has 110 valence electrons. The molecule has 1 heterocycles. The topological polar surface area (TPSA) is 76.1 Å². The number of nitrogens with one attached hydrogen (secondary N) is 1. The highest BCUT2D eigenvalue weighted by Gasteiger charge is 2.29. The van der Waals surface area contributed by atoms with E-state index >= 15 is 0 Å². The summed E-state index contributed by atoms with van der Waals surface area (Å²) in [5, 5.41) is 1.71. The minimum Gasteiger partial charge on any atom is -0.355 e. The van der Waals surface area contributed by atoms with Crippen LogP contribution in [0.1, 0.15) is 17.7 Å². The average molecular weight is 304 g/mol. The molecule has 1 atom stereocenters. The van der Waals surface area contributed by atoms with Gasteiger partial charge in [-0.15, -0.1) is 0 Å². The summed E-state index contributed by atoms with van der Waals surface area (Å²) in [6, 6.07) is 11.6. The van der Waals surface area contributed by atoms with Crippen molar-refractivity contribution in [3.8, 4) is 0 Å². The second-order valence-corrected chi connectivity index (χ2v) is 6.70. The monoisotopic (exact) mass is 304 g/mol. The van der Waals surface area contributed by atoms with Crippen LogP contribution >= 0.6 is 0 Å². The molecule has 6 heteroatoms. The van der Waals surface area contributed by atoms with Gasteiger partial charge in [0.1, 0.15) is 5.25 Å². The van der Waals surface area contributed by atoms with Crippen LogP contribution in [0, 0.1) is 0 Å². The Bertz CT molecular complexity index is 700. The normalized spacial score (nSPS) is 12.6. The fraction of sp³-hybridized carbons (Fsp3) is 0.200. The van der Waals surface area contributed by atoms with Gasteiger partial charge in [-0.1, -0.05) is 24.3 Å². The van der Waals surface area contributed by atoms with Crippen LogP contribution in [-0.2, 0) is 14.6 Å². The molecular weight excluding hydrogens is 288 g/mol. The lowest BCUT2D eigenvalue weighted by Gasteiger charge is -2.18. The molecule has 0 aliphatic carbocycles. The van der Waals surface area contributed by atoms with Gasteiger partial charge in [-0.05, 0) is 23.8 Å². The van der Waals surface area contributed by atoms with Crippen molar-refractivity contribution >= 4 is 15.7 Å². The van der Waals surface area contributed by atoms with Crippen LogP contribution in [0.15, 0.2) is 59.8 Å². The van der Waals surface area contributed by atoms with Crippen molar-refractivity contribution in [3.05, 3.63) is 60.4 Å². The van der Waals surface area contributed by atoms with Gasteiger partial charge in [-0.25, -0.2) is 8.42 Å². The van der Waals surface area contributed by atoms with Crippen molar-refractivity contribution in [2.45, 2.75) is 17.1 Å². The van der Waals surface area contributed by atoms with E-state index in [1.165, 1.54) is 13.1 Å². The van der Waals surface area contributed by atoms with Gasteiger partial charge in [0, 0.05) is 25.9 Å². The van der Waals surface area contributed by atoms with Crippen LogP contribution in [0.25, 0.3) is 0 Å². The molecule has 0 unspecified atom stereocenters. The smallest absolute Gasteiger partial charge is 0.216 e. The largest absolute Gasteiger partial charge is 0.355 e. The van der Waals surface area contributed by atoms with E-state index in [1.54, 1.807) is 48.7 Å². The Balaban J connectivity index is 2.42. The van der Waals surface area contributed by atoms with Gasteiger partial charge in [0.15, 0.2) is 9.84 Å². The highest BCUT2D eigenvalue weighted by Crippen LogP contribution is 2.27. The fourth-order valence-electron chi connectivity index (χ4n) is 1.98. The fourth-order valence-corrected chi connectivity index (χ4v) is 3.65. The van der Waals surface area contributed by atoms with Crippen LogP contribution in [0.2, 0.25) is 0 Å². The van der Waals surface area contributed by atoms with Crippen molar-refractivity contribution in [2.24, 2.45) is 0 Å². The molecule has 0 aliphatic heterocycles. The zero-order valence-corrected chi connectivity index (χ0v) is 12.4. The first kappa shape index (κ1) is 15.2. The Kier molecular flexibility index (Phi) is 4.70. The van der Waals surface area contributed by atoms with E-state index in [2.05, 4.69) is 10.3 Å². The molecule has 0 fully saturated rings. The van der Waals surface area contributed by atoms with Gasteiger partial charge in [0.25, 0.3) is 0 Å². The molecule has 0 aliphatic rings. The molecule has 1 aromatic heterocycles. The Morgan fingerprint density at radius 3 is 2.48 bits per heavy atom. The lowest BCUT2D eigenvalue weighted by molar-refractivity contribution is -0.118. The summed E-state index contributed by atoms with van der Waals surface area (Å²) >= 11 is 0. The SMILES string of the molecule is CC(=O)NC[C@H](c1cccnc1)S(=O)(=O)c1ccccc1. The first-order chi connectivity index (χ1) is 10.0. The highest BCUT2D eigenvalue weighted by molar-refractivity contribution is 7.91. The Morgan fingerprint density at radius 1 is 1.19 bits per heavy atom. The van der Waals surface area contributed by atoms with Crippen LogP contribution in [-0.4, -0.2) is 25.9 Å². The van der Waals surface area contributed by atoms with Crippen molar-refractivity contribution in [1.82, 2.24) is 10.3 Å². The third-order valence-corrected chi connectivity index (χ3v) is 5.16. The number of hydrogen-bond acceptors (Lipinski definition) is 4. The molecule has 0 radical (unpaired) electrons. The van der Waals surface area contributed by atoms with Gasteiger partial charge in [-0.2, -0.15) is 0 Å². The summed E-state index contributed by atoms with van der Waals surface area (Å²) in [5.41, 5.74) is 0.551. The van der Waals surface area contributed by atoms with E-state index in [4.69, 9.17) is 0 Å². The maximum absolute atomic E-state index is 12.8. The number of aromatic nitrogens is 1. The van der Waals surface area contributed by atoms with E-state index in [-0.39, 0.29) is 17.3 Å². The molecule has 0 saturated carbocycles. The third-order valence-electron chi connectivity index (χ3n) is 3.04. The minimum absolute atomic E-state index is 0.0122. The van der Waals surface area contributed by atoms with Gasteiger partial charge >= 0.3 is 0 Å². The summed E-state index contributed by atoms with van der Waals surface area (Å²) in [6.45, 7) is 1.37. The van der Waals surface area contributed by atoms with Gasteiger partial charge in [0.05, 0.1) is 4.90 Å². The number of carbonyl (C=O) groups is 1. The number of hydrogen-bond donors (Lipinski definition) is 1. The van der Waals surface area contributed by atoms with E-state index in [9.17, 15) is 13.2 Å². The van der Waals surface area contributed by atoms with E-state index < -0.39 is 15.1 Å². The maximum atomic E-state index is 12.8. The minimum atomic E-state index is -3.60. The summed E-state index contributed by atoms with van der Waals surface area (Å²) < 4.78 is 25.5. The number of nitrogens with zero attached hydrogens (tertiary/aromatic N) is 1. The molecule has 0 spiro atoms. The number of sulfone groups is 1. The first-order valence-electron chi connectivity index (χ1n) is 6.45. The van der Waals surface area contributed by atoms with E-state index in [0.29, 0.717) is 5.56 Å². The highest BCUT2D eigenvalue weighted by atomic mass is 32.2. The molecule has 1 N–H and O–H groups in total. The molecule has 21 heavy (non-hydrogen) atoms. The average Bonchev–Trinajstić information content (AvgIpc) is 2.49. The molecule has 0 saturated heterocycles. The Hall–Kier alpha value is -2.21. The van der Waals surface area contributed by atoms with Crippen LogP contribution in [0.4, 0.5) is 0 Å². The molecule has 2 aromatic rings. The van der Waals surface area contributed by atoms with Crippen LogP contribution in [0.5, 0.6) is 0 Å². The van der Waals surface area contributed by atoms with Crippen molar-refractivity contribution in [1.29, 1.82) is 0 Å². The number of benzene rings is 1. The number of amides is 1. The van der Waals surface area contributed by atoms with E-state index in [1.807, 2.05) is 0 Å². The third kappa shape index (κ3) is 3.66. The molecular formula is C15H16N2O3S. The maximum Gasteiger partial charge on any atom is 0.216 e. The van der Waals surface area contributed by atoms with Crippen molar-refractivity contribution < 1.29 is 13.2 Å². The zero-order chi connectivity index (χ0) is 15.3. The summed E-state index contributed by atoms with van der Waals surface area (Å²) in [5.74, 6) is -0.271. The van der Waals surface area contributed by atoms with Gasteiger partial charge in [0.2, 0.25) is 5.91 Å². The number of rotatable bonds is 5. The Labute approximate surface area is 124 Å². The summed E-state index contributed by atoms with van der Waals surface area (Å²) in [4.78, 5) is 15.3. The lowest BCUT2D eigenvalue weighted by atomic mass is 10.2. The van der Waals surface area contributed by atoms with E-state index in [0.717, 1.165) is 0 Å². The first-order valence-corrected chi connectivity index (χ1v) is 8.00. The quantitative estimate of drug-likeness (QED) is 0.912. The van der Waals surface area contributed by atoms with Crippen LogP contribution < -0.4 is 5.32 Å². The number of carbonyl (C=O) groups excluding carboxylic acids is 1.